The van der Waals surface area contributed by atoms with Gasteiger partial charge in [-0.25, -0.2) is 0 Å². The van der Waals surface area contributed by atoms with Crippen LogP contribution in [0.25, 0.3) is 0 Å². The minimum Gasteiger partial charge on any atom is -0.379 e. The molecule has 1 heterocycles. The Morgan fingerprint density at radius 2 is 2.35 bits per heavy atom. The van der Waals surface area contributed by atoms with E-state index >= 15 is 0 Å². The van der Waals surface area contributed by atoms with Crippen LogP contribution in [0.3, 0.4) is 0 Å². The van der Waals surface area contributed by atoms with Crippen molar-refractivity contribution in [2.75, 3.05) is 13.7 Å². The van der Waals surface area contributed by atoms with Crippen LogP contribution in [-0.2, 0) is 11.8 Å². The molecule has 0 saturated heterocycles. The second kappa shape index (κ2) is 5.60. The lowest BCUT2D eigenvalue weighted by atomic mass is 10.0. The summed E-state index contributed by atoms with van der Waals surface area (Å²) in [5.41, 5.74) is 1.11. The maximum Gasteiger partial charge on any atom is 0.0809 e. The summed E-state index contributed by atoms with van der Waals surface area (Å²) >= 11 is 0. The maximum atomic E-state index is 5.68. The van der Waals surface area contributed by atoms with Crippen LogP contribution in [0.1, 0.15) is 37.9 Å². The number of hydrogen-bond donors (Lipinski definition) is 1. The zero-order chi connectivity index (χ0) is 12.3. The summed E-state index contributed by atoms with van der Waals surface area (Å²) in [6.07, 6.45) is 5.73. The fraction of sp³-hybridized carbons (Fsp3) is 0.833. The monoisotopic (exact) mass is 238 g/mol. The highest BCUT2D eigenvalue weighted by Crippen LogP contribution is 2.39. The third kappa shape index (κ3) is 2.84. The average Bonchev–Trinajstić information content (AvgIpc) is 3.07. The Balaban J connectivity index is 2.14. The molecule has 0 amide bonds. The standard InChI is InChI=1S/C12H22N4O/c1-4-7-13-11(10-8-14-15-16(10)2)12(17-3)9-5-6-9/h8-9,11-13H,4-7H2,1-3H3. The normalized spacial score (nSPS) is 19.2. The first-order valence-corrected chi connectivity index (χ1v) is 6.38. The van der Waals surface area contributed by atoms with E-state index in [1.807, 2.05) is 17.9 Å². The number of aryl methyl sites for hydroxylation is 1. The van der Waals surface area contributed by atoms with Gasteiger partial charge in [0.2, 0.25) is 0 Å². The number of ether oxygens (including phenoxy) is 1. The van der Waals surface area contributed by atoms with Crippen molar-refractivity contribution in [2.45, 2.75) is 38.3 Å². The van der Waals surface area contributed by atoms with Crippen LogP contribution in [-0.4, -0.2) is 34.8 Å². The van der Waals surface area contributed by atoms with Gasteiger partial charge >= 0.3 is 0 Å². The van der Waals surface area contributed by atoms with Crippen molar-refractivity contribution in [2.24, 2.45) is 13.0 Å². The Morgan fingerprint density at radius 1 is 1.59 bits per heavy atom. The largest absolute Gasteiger partial charge is 0.379 e. The van der Waals surface area contributed by atoms with Crippen molar-refractivity contribution in [1.29, 1.82) is 0 Å². The van der Waals surface area contributed by atoms with E-state index in [-0.39, 0.29) is 12.1 Å². The van der Waals surface area contributed by atoms with E-state index in [9.17, 15) is 0 Å². The van der Waals surface area contributed by atoms with Crippen LogP contribution in [0.2, 0.25) is 0 Å². The second-order valence-electron chi connectivity index (χ2n) is 4.75. The summed E-state index contributed by atoms with van der Waals surface area (Å²) in [6.45, 7) is 3.16. The van der Waals surface area contributed by atoms with Gasteiger partial charge in [-0.15, -0.1) is 5.10 Å². The second-order valence-corrected chi connectivity index (χ2v) is 4.75. The summed E-state index contributed by atoms with van der Waals surface area (Å²) in [6, 6.07) is 0.201. The van der Waals surface area contributed by atoms with Crippen LogP contribution in [0.15, 0.2) is 6.20 Å². The lowest BCUT2D eigenvalue weighted by Crippen LogP contribution is -2.36. The van der Waals surface area contributed by atoms with Gasteiger partial charge in [0.15, 0.2) is 0 Å². The van der Waals surface area contributed by atoms with Gasteiger partial charge in [0.25, 0.3) is 0 Å². The minimum atomic E-state index is 0.201. The number of nitrogens with zero attached hydrogens (tertiary/aromatic N) is 3. The molecule has 2 atom stereocenters. The van der Waals surface area contributed by atoms with E-state index in [0.717, 1.165) is 18.7 Å². The predicted molar refractivity (Wildman–Crippen MR) is 65.6 cm³/mol. The fourth-order valence-corrected chi connectivity index (χ4v) is 2.29. The molecule has 5 heteroatoms. The van der Waals surface area contributed by atoms with Crippen LogP contribution >= 0.6 is 0 Å². The number of nitrogens with one attached hydrogen (secondary N) is 1. The zero-order valence-electron chi connectivity index (χ0n) is 10.9. The molecule has 17 heavy (non-hydrogen) atoms. The zero-order valence-corrected chi connectivity index (χ0v) is 10.9. The van der Waals surface area contributed by atoms with Crippen molar-refractivity contribution in [3.05, 3.63) is 11.9 Å². The first kappa shape index (κ1) is 12.5. The number of aromatic nitrogens is 3. The van der Waals surface area contributed by atoms with Gasteiger partial charge in [-0.3, -0.25) is 4.68 Å². The van der Waals surface area contributed by atoms with Crippen LogP contribution in [0.4, 0.5) is 0 Å². The van der Waals surface area contributed by atoms with E-state index in [4.69, 9.17) is 4.74 Å². The molecule has 5 nitrogen and oxygen atoms in total. The molecule has 0 bridgehead atoms. The highest BCUT2D eigenvalue weighted by Gasteiger charge is 2.38. The topological polar surface area (TPSA) is 52.0 Å². The molecular formula is C12H22N4O. The Labute approximate surface area is 103 Å². The summed E-state index contributed by atoms with van der Waals surface area (Å²) in [7, 11) is 3.73. The Bertz CT molecular complexity index is 348. The minimum absolute atomic E-state index is 0.201. The highest BCUT2D eigenvalue weighted by molar-refractivity contribution is 5.07. The van der Waals surface area contributed by atoms with E-state index in [0.29, 0.717) is 5.92 Å². The van der Waals surface area contributed by atoms with Gasteiger partial charge in [-0.1, -0.05) is 12.1 Å². The fourth-order valence-electron chi connectivity index (χ4n) is 2.29. The molecule has 2 rings (SSSR count). The van der Waals surface area contributed by atoms with E-state index < -0.39 is 0 Å². The molecule has 1 aromatic heterocycles. The first-order chi connectivity index (χ1) is 8.27. The Hall–Kier alpha value is -0.940. The number of rotatable bonds is 7. The van der Waals surface area contributed by atoms with Crippen LogP contribution in [0.5, 0.6) is 0 Å². The molecular weight excluding hydrogens is 216 g/mol. The lowest BCUT2D eigenvalue weighted by Gasteiger charge is -2.26. The lowest BCUT2D eigenvalue weighted by molar-refractivity contribution is 0.0482. The van der Waals surface area contributed by atoms with Crippen molar-refractivity contribution in [3.63, 3.8) is 0 Å². The van der Waals surface area contributed by atoms with Crippen molar-refractivity contribution in [1.82, 2.24) is 20.3 Å². The smallest absolute Gasteiger partial charge is 0.0809 e. The van der Waals surface area contributed by atoms with Gasteiger partial charge in [-0.05, 0) is 31.7 Å². The molecule has 2 unspecified atom stereocenters. The third-order valence-electron chi connectivity index (χ3n) is 3.37. The van der Waals surface area contributed by atoms with Gasteiger partial charge in [0.1, 0.15) is 0 Å². The quantitative estimate of drug-likeness (QED) is 0.777. The van der Waals surface area contributed by atoms with Crippen molar-refractivity contribution >= 4 is 0 Å². The number of hydrogen-bond acceptors (Lipinski definition) is 4. The molecule has 1 aliphatic carbocycles. The molecule has 1 saturated carbocycles. The van der Waals surface area contributed by atoms with Gasteiger partial charge < -0.3 is 10.1 Å². The molecule has 96 valence electrons. The third-order valence-corrected chi connectivity index (χ3v) is 3.37. The Morgan fingerprint density at radius 3 is 2.82 bits per heavy atom. The molecule has 0 aliphatic heterocycles. The van der Waals surface area contributed by atoms with Gasteiger partial charge in [0, 0.05) is 14.2 Å². The van der Waals surface area contributed by atoms with E-state index in [2.05, 4.69) is 22.6 Å². The number of methoxy groups -OCH3 is 1. The molecule has 1 fully saturated rings. The van der Waals surface area contributed by atoms with Crippen molar-refractivity contribution in [3.8, 4) is 0 Å². The SMILES string of the molecule is CCCNC(c1cnnn1C)C(OC)C1CC1. The summed E-state index contributed by atoms with van der Waals surface area (Å²) in [5.74, 6) is 0.684. The van der Waals surface area contributed by atoms with Crippen LogP contribution < -0.4 is 5.32 Å². The van der Waals surface area contributed by atoms with Gasteiger partial charge in [-0.2, -0.15) is 0 Å². The maximum absolute atomic E-state index is 5.68. The van der Waals surface area contributed by atoms with Crippen molar-refractivity contribution < 1.29 is 4.74 Å². The van der Waals surface area contributed by atoms with Crippen LogP contribution in [0, 0.1) is 5.92 Å². The summed E-state index contributed by atoms with van der Waals surface area (Å²) < 4.78 is 7.52. The molecule has 0 spiro atoms. The first-order valence-electron chi connectivity index (χ1n) is 6.38. The predicted octanol–water partition coefficient (Wildman–Crippen LogP) is 1.28. The highest BCUT2D eigenvalue weighted by atomic mass is 16.5. The molecule has 1 aromatic rings. The van der Waals surface area contributed by atoms with E-state index in [1.54, 1.807) is 7.11 Å². The summed E-state index contributed by atoms with van der Waals surface area (Å²) in [4.78, 5) is 0. The molecule has 0 aromatic carbocycles. The average molecular weight is 238 g/mol. The van der Waals surface area contributed by atoms with E-state index in [1.165, 1.54) is 12.8 Å². The molecule has 1 N–H and O–H groups in total. The van der Waals surface area contributed by atoms with Gasteiger partial charge in [0.05, 0.1) is 24.0 Å². The molecule has 0 radical (unpaired) electrons. The summed E-state index contributed by atoms with van der Waals surface area (Å²) in [5, 5.41) is 11.5. The molecule has 1 aliphatic rings. The Kier molecular flexibility index (Phi) is 4.12.